The van der Waals surface area contributed by atoms with E-state index < -0.39 is 0 Å². The van der Waals surface area contributed by atoms with Crippen molar-refractivity contribution in [2.45, 2.75) is 11.8 Å². The van der Waals surface area contributed by atoms with Crippen molar-refractivity contribution < 1.29 is 4.74 Å². The first-order valence-corrected chi connectivity index (χ1v) is 7.44. The lowest BCUT2D eigenvalue weighted by Gasteiger charge is -2.15. The summed E-state index contributed by atoms with van der Waals surface area (Å²) in [4.78, 5) is 0.00306. The van der Waals surface area contributed by atoms with Gasteiger partial charge < -0.3 is 4.74 Å². The van der Waals surface area contributed by atoms with Gasteiger partial charge in [0.1, 0.15) is 5.75 Å². The zero-order valence-corrected chi connectivity index (χ0v) is 13.7. The van der Waals surface area contributed by atoms with Crippen LogP contribution in [-0.4, -0.2) is 7.11 Å². The van der Waals surface area contributed by atoms with Gasteiger partial charge >= 0.3 is 0 Å². The fraction of sp³-hybridized carbons (Fsp3) is 0.200. The van der Waals surface area contributed by atoms with E-state index >= 15 is 0 Å². The van der Waals surface area contributed by atoms with Crippen LogP contribution in [0, 0.1) is 6.92 Å². The second kappa shape index (κ2) is 6.17. The van der Waals surface area contributed by atoms with Crippen LogP contribution in [0.15, 0.2) is 36.4 Å². The molecule has 1 nitrogen and oxygen atoms in total. The molecule has 0 saturated carbocycles. The monoisotopic (exact) mass is 358 g/mol. The van der Waals surface area contributed by atoms with Gasteiger partial charge in [-0.15, -0.1) is 0 Å². The quantitative estimate of drug-likeness (QED) is 0.629. The number of alkyl halides is 1. The Bertz CT molecular complexity index is 599. The molecule has 2 rings (SSSR count). The van der Waals surface area contributed by atoms with Gasteiger partial charge in [0.2, 0.25) is 0 Å². The molecule has 19 heavy (non-hydrogen) atoms. The highest BCUT2D eigenvalue weighted by atomic mass is 79.9. The molecule has 2 aromatic rings. The Morgan fingerprint density at radius 1 is 1.16 bits per heavy atom. The van der Waals surface area contributed by atoms with Gasteiger partial charge in [0.15, 0.2) is 0 Å². The predicted molar refractivity (Wildman–Crippen MR) is 85.0 cm³/mol. The summed E-state index contributed by atoms with van der Waals surface area (Å²) in [6, 6.07) is 11.7. The summed E-state index contributed by atoms with van der Waals surface area (Å²) >= 11 is 16.0. The Kier molecular flexibility index (Phi) is 4.77. The van der Waals surface area contributed by atoms with Crippen LogP contribution in [-0.2, 0) is 0 Å². The molecule has 1 unspecified atom stereocenters. The van der Waals surface area contributed by atoms with Crippen molar-refractivity contribution in [3.63, 3.8) is 0 Å². The van der Waals surface area contributed by atoms with E-state index in [9.17, 15) is 0 Å². The molecule has 0 aliphatic carbocycles. The first-order valence-electron chi connectivity index (χ1n) is 5.77. The first kappa shape index (κ1) is 14.7. The lowest BCUT2D eigenvalue weighted by Crippen LogP contribution is -1.96. The zero-order chi connectivity index (χ0) is 14.0. The average Bonchev–Trinajstić information content (AvgIpc) is 2.41. The van der Waals surface area contributed by atoms with Crippen molar-refractivity contribution in [1.82, 2.24) is 0 Å². The minimum Gasteiger partial charge on any atom is -0.496 e. The number of hydrogen-bond donors (Lipinski definition) is 0. The Hall–Kier alpha value is -0.700. The highest BCUT2D eigenvalue weighted by Gasteiger charge is 2.16. The Balaban J connectivity index is 2.41. The summed E-state index contributed by atoms with van der Waals surface area (Å²) in [5.74, 6) is 0.876. The van der Waals surface area contributed by atoms with E-state index in [4.69, 9.17) is 27.9 Å². The predicted octanol–water partition coefficient (Wildman–Crippen LogP) is 5.79. The summed E-state index contributed by atoms with van der Waals surface area (Å²) in [6.07, 6.45) is 0. The summed E-state index contributed by atoms with van der Waals surface area (Å²) in [6.45, 7) is 2.02. The Morgan fingerprint density at radius 2 is 1.89 bits per heavy atom. The molecule has 0 amide bonds. The maximum Gasteiger partial charge on any atom is 0.121 e. The van der Waals surface area contributed by atoms with E-state index in [2.05, 4.69) is 22.0 Å². The first-order chi connectivity index (χ1) is 9.04. The number of methoxy groups -OCH3 is 1. The second-order valence-corrected chi connectivity index (χ2v) is 5.94. The number of ether oxygens (including phenoxy) is 1. The normalized spacial score (nSPS) is 12.3. The van der Waals surface area contributed by atoms with E-state index in [1.165, 1.54) is 0 Å². The van der Waals surface area contributed by atoms with Gasteiger partial charge in [-0.1, -0.05) is 63.4 Å². The number of benzene rings is 2. The molecule has 100 valence electrons. The van der Waals surface area contributed by atoms with Crippen LogP contribution in [0.5, 0.6) is 5.75 Å². The molecule has 0 spiro atoms. The van der Waals surface area contributed by atoms with Crippen molar-refractivity contribution in [2.75, 3.05) is 7.11 Å². The zero-order valence-electron chi connectivity index (χ0n) is 10.6. The van der Waals surface area contributed by atoms with Gasteiger partial charge in [0, 0.05) is 0 Å². The van der Waals surface area contributed by atoms with Crippen molar-refractivity contribution in [3.8, 4) is 5.75 Å². The second-order valence-electron chi connectivity index (χ2n) is 4.23. The molecule has 2 aromatic carbocycles. The molecular formula is C15H13BrCl2O. The highest BCUT2D eigenvalue weighted by Crippen LogP contribution is 2.39. The van der Waals surface area contributed by atoms with Crippen molar-refractivity contribution in [3.05, 3.63) is 63.1 Å². The smallest absolute Gasteiger partial charge is 0.121 e. The molecule has 0 aliphatic heterocycles. The SMILES string of the molecule is COc1ccc(C(Br)c2cccc(Cl)c2Cl)cc1C. The maximum absolute atomic E-state index is 6.25. The number of hydrogen-bond acceptors (Lipinski definition) is 1. The van der Waals surface area contributed by atoms with Crippen molar-refractivity contribution in [2.24, 2.45) is 0 Å². The van der Waals surface area contributed by atoms with Gasteiger partial charge in [0.05, 0.1) is 22.0 Å². The van der Waals surface area contributed by atoms with Crippen LogP contribution in [0.2, 0.25) is 10.0 Å². The van der Waals surface area contributed by atoms with Crippen molar-refractivity contribution in [1.29, 1.82) is 0 Å². The summed E-state index contributed by atoms with van der Waals surface area (Å²) < 4.78 is 5.27. The topological polar surface area (TPSA) is 9.23 Å². The fourth-order valence-electron chi connectivity index (χ4n) is 1.96. The number of halogens is 3. The Morgan fingerprint density at radius 3 is 2.53 bits per heavy atom. The van der Waals surface area contributed by atoms with Crippen molar-refractivity contribution >= 4 is 39.1 Å². The summed E-state index contributed by atoms with van der Waals surface area (Å²) in [5.41, 5.74) is 3.16. The van der Waals surface area contributed by atoms with Crippen LogP contribution in [0.25, 0.3) is 0 Å². The fourth-order valence-corrected chi connectivity index (χ4v) is 3.17. The molecule has 0 N–H and O–H groups in total. The van der Waals surface area contributed by atoms with Gasteiger partial charge in [0.25, 0.3) is 0 Å². The van der Waals surface area contributed by atoms with Crippen LogP contribution >= 0.6 is 39.1 Å². The Labute approximate surface area is 131 Å². The van der Waals surface area contributed by atoms with Gasteiger partial charge in [-0.05, 0) is 35.7 Å². The lowest BCUT2D eigenvalue weighted by atomic mass is 10.0. The number of aryl methyl sites for hydroxylation is 1. The minimum absolute atomic E-state index is 0.00306. The largest absolute Gasteiger partial charge is 0.496 e. The average molecular weight is 360 g/mol. The third kappa shape index (κ3) is 3.07. The highest BCUT2D eigenvalue weighted by molar-refractivity contribution is 9.09. The summed E-state index contributed by atoms with van der Waals surface area (Å²) in [7, 11) is 1.67. The third-order valence-corrected chi connectivity index (χ3v) is 4.82. The molecule has 4 heteroatoms. The molecule has 0 aromatic heterocycles. The number of rotatable bonds is 3. The van der Waals surface area contributed by atoms with Gasteiger partial charge in [-0.2, -0.15) is 0 Å². The van der Waals surface area contributed by atoms with Gasteiger partial charge in [-0.3, -0.25) is 0 Å². The molecular weight excluding hydrogens is 347 g/mol. The molecule has 0 bridgehead atoms. The molecule has 0 heterocycles. The molecule has 1 atom stereocenters. The molecule has 0 fully saturated rings. The molecule has 0 saturated heterocycles. The van der Waals surface area contributed by atoms with Crippen LogP contribution < -0.4 is 4.74 Å². The van der Waals surface area contributed by atoms with E-state index in [1.807, 2.05) is 31.2 Å². The van der Waals surface area contributed by atoms with Crippen LogP contribution in [0.3, 0.4) is 0 Å². The van der Waals surface area contributed by atoms with E-state index in [0.29, 0.717) is 10.0 Å². The van der Waals surface area contributed by atoms with Crippen LogP contribution in [0.1, 0.15) is 21.5 Å². The standard InChI is InChI=1S/C15H13BrCl2O/c1-9-8-10(6-7-13(9)19-2)14(16)11-4-3-5-12(17)15(11)18/h3-8,14H,1-2H3. The van der Waals surface area contributed by atoms with E-state index in [0.717, 1.165) is 22.4 Å². The minimum atomic E-state index is 0.00306. The van der Waals surface area contributed by atoms with E-state index in [1.54, 1.807) is 13.2 Å². The van der Waals surface area contributed by atoms with Crippen LogP contribution in [0.4, 0.5) is 0 Å². The van der Waals surface area contributed by atoms with Gasteiger partial charge in [-0.25, -0.2) is 0 Å². The maximum atomic E-state index is 6.25. The third-order valence-electron chi connectivity index (χ3n) is 2.97. The van der Waals surface area contributed by atoms with E-state index in [-0.39, 0.29) is 4.83 Å². The molecule has 0 radical (unpaired) electrons. The molecule has 0 aliphatic rings. The lowest BCUT2D eigenvalue weighted by molar-refractivity contribution is 0.411. The summed E-state index contributed by atoms with van der Waals surface area (Å²) in [5, 5.41) is 1.15.